The molecule has 2 aromatic carbocycles. The van der Waals surface area contributed by atoms with Gasteiger partial charge in [-0.15, -0.1) is 18.2 Å². The molecule has 4 nitrogen and oxygen atoms in total. The summed E-state index contributed by atoms with van der Waals surface area (Å²) < 4.78 is 5.96. The normalized spacial score (nSPS) is 10.3. The van der Waals surface area contributed by atoms with Crippen molar-refractivity contribution in [3.8, 4) is 22.5 Å². The van der Waals surface area contributed by atoms with Gasteiger partial charge in [-0.05, 0) is 55.7 Å². The van der Waals surface area contributed by atoms with Gasteiger partial charge in [-0.1, -0.05) is 73.9 Å². The fourth-order valence-electron chi connectivity index (χ4n) is 3.94. The number of fused-ring (bicyclic) bond motifs is 3. The Balaban J connectivity index is 0.000000189. The Kier molecular flexibility index (Phi) is 12.7. The number of furan rings is 1. The smallest absolute Gasteiger partial charge is 0.486 e. The van der Waals surface area contributed by atoms with Gasteiger partial charge < -0.3 is 4.42 Å². The van der Waals surface area contributed by atoms with E-state index < -0.39 is 0 Å². The van der Waals surface area contributed by atoms with Crippen LogP contribution < -0.4 is 56.4 Å². The Labute approximate surface area is 273 Å². The molecule has 0 amide bonds. The third-order valence-electron chi connectivity index (χ3n) is 5.79. The zero-order chi connectivity index (χ0) is 26.6. The fraction of sp³-hybridized carbons (Fsp3) is 0.147. The van der Waals surface area contributed by atoms with Crippen LogP contribution in [0.25, 0.3) is 44.6 Å². The predicted octanol–water partition coefficient (Wildman–Crippen LogP) is 5.69. The van der Waals surface area contributed by atoms with Crippen LogP contribution in [-0.4, -0.2) is 9.97 Å². The van der Waals surface area contributed by atoms with E-state index in [0.717, 1.165) is 44.6 Å². The molecule has 0 atom stereocenters. The average Bonchev–Trinajstić information content (AvgIpc) is 3.36. The van der Waals surface area contributed by atoms with Gasteiger partial charge in [0, 0.05) is 28.9 Å². The predicted molar refractivity (Wildman–Crippen MR) is 156 cm³/mol. The molecule has 6 rings (SSSR count). The second-order valence-electron chi connectivity index (χ2n) is 8.65. The van der Waals surface area contributed by atoms with Gasteiger partial charge in [-0.2, -0.15) is 0 Å². The van der Waals surface area contributed by atoms with Crippen molar-refractivity contribution >= 4 is 22.1 Å². The summed E-state index contributed by atoms with van der Waals surface area (Å²) in [5.41, 5.74) is 6.55. The monoisotopic (exact) mass is 538 g/mol. The molecule has 0 spiro atoms. The van der Waals surface area contributed by atoms with Gasteiger partial charge in [-0.3, -0.25) is 9.97 Å². The minimum absolute atomic E-state index is 0. The minimum atomic E-state index is 0. The van der Waals surface area contributed by atoms with Crippen molar-refractivity contribution in [1.82, 2.24) is 9.97 Å². The quantitative estimate of drug-likeness (QED) is 0.165. The Hall–Kier alpha value is -2.93. The summed E-state index contributed by atoms with van der Waals surface area (Å²) in [5.74, 6) is 0. The van der Waals surface area contributed by atoms with E-state index in [0.29, 0.717) is 5.71 Å². The molecule has 1 N–H and O–H groups in total. The Bertz CT molecular complexity index is 1540. The number of hydrogen-bond donors (Lipinski definition) is 0. The number of benzene rings is 2. The first-order chi connectivity index (χ1) is 18.7. The Morgan fingerprint density at radius 2 is 1.56 bits per heavy atom. The van der Waals surface area contributed by atoms with Gasteiger partial charge in [0.2, 0.25) is 5.71 Å². The van der Waals surface area contributed by atoms with E-state index in [1.54, 1.807) is 0 Å². The summed E-state index contributed by atoms with van der Waals surface area (Å²) in [6, 6.07) is 33.3. The van der Waals surface area contributed by atoms with Crippen LogP contribution in [0.1, 0.15) is 32.4 Å². The average molecular weight is 539 g/mol. The zero-order valence-corrected chi connectivity index (χ0v) is 26.3. The molecule has 0 aliphatic carbocycles. The van der Waals surface area contributed by atoms with Crippen molar-refractivity contribution < 1.29 is 60.8 Å². The number of nitrogens with zero attached hydrogens (tertiary/aromatic N) is 2. The number of aryl methyl sites for hydroxylation is 1. The van der Waals surface area contributed by atoms with Crippen molar-refractivity contribution in [1.29, 1.82) is 0 Å². The van der Waals surface area contributed by atoms with E-state index in [-0.39, 0.29) is 51.4 Å². The number of allylic oxidation sites excluding steroid dienone is 2. The van der Waals surface area contributed by atoms with E-state index >= 15 is 0 Å². The summed E-state index contributed by atoms with van der Waals surface area (Å²) in [5, 5.41) is 2.11. The van der Waals surface area contributed by atoms with Gasteiger partial charge >= 0.3 is 51.4 Å². The van der Waals surface area contributed by atoms with Crippen molar-refractivity contribution in [2.24, 2.45) is 0 Å². The van der Waals surface area contributed by atoms with Gasteiger partial charge in [0.05, 0.1) is 11.3 Å². The van der Waals surface area contributed by atoms with Crippen molar-refractivity contribution in [2.75, 3.05) is 0 Å². The van der Waals surface area contributed by atoms with Crippen LogP contribution in [0.4, 0.5) is 0 Å². The molecule has 190 valence electrons. The topological polar surface area (TPSA) is 53.1 Å². The molecule has 0 saturated carbocycles. The van der Waals surface area contributed by atoms with Crippen LogP contribution in [0.2, 0.25) is 0 Å². The van der Waals surface area contributed by atoms with Crippen LogP contribution in [-0.2, 0) is 0 Å². The third-order valence-corrected chi connectivity index (χ3v) is 5.79. The van der Waals surface area contributed by atoms with Crippen molar-refractivity contribution in [3.05, 3.63) is 127 Å². The largest absolute Gasteiger partial charge is 1.00 e. The Morgan fingerprint density at radius 3 is 2.23 bits per heavy atom. The van der Waals surface area contributed by atoms with Crippen LogP contribution in [0.3, 0.4) is 0 Å². The number of rotatable bonds is 4. The molecular formula is C34H33KN3O+. The third kappa shape index (κ3) is 8.52. The molecule has 0 unspecified atom stereocenters. The number of aromatic nitrogens is 3. The first kappa shape index (κ1) is 30.6. The maximum atomic E-state index is 5.96. The van der Waals surface area contributed by atoms with Crippen molar-refractivity contribution in [2.45, 2.75) is 33.6 Å². The zero-order valence-electron chi connectivity index (χ0n) is 23.2. The van der Waals surface area contributed by atoms with Gasteiger partial charge in [-0.25, -0.2) is 4.98 Å². The van der Waals surface area contributed by atoms with Gasteiger partial charge in [0.25, 0.3) is 0 Å². The van der Waals surface area contributed by atoms with E-state index in [1.807, 2.05) is 92.1 Å². The van der Waals surface area contributed by atoms with Crippen LogP contribution in [0.15, 0.2) is 120 Å². The molecule has 0 saturated heterocycles. The number of pyridine rings is 3. The van der Waals surface area contributed by atoms with E-state index in [2.05, 4.69) is 65.2 Å². The van der Waals surface area contributed by atoms with Crippen LogP contribution in [0, 0.1) is 13.0 Å². The SMILES string of the molecule is CCC=CCC.Cc1ccc2c(n1)oc1c(-c3cccc[nH+]3)[c-]ccc12.[K+].c1ccc(-c2ccccn2)cc1. The second-order valence-corrected chi connectivity index (χ2v) is 8.65. The summed E-state index contributed by atoms with van der Waals surface area (Å²) in [7, 11) is 0. The van der Waals surface area contributed by atoms with Crippen LogP contribution >= 0.6 is 0 Å². The molecular weight excluding hydrogens is 505 g/mol. The number of hydrogen-bond acceptors (Lipinski definition) is 3. The van der Waals surface area contributed by atoms with Gasteiger partial charge in [0.1, 0.15) is 5.69 Å². The number of nitrogens with one attached hydrogen (secondary N) is 1. The van der Waals surface area contributed by atoms with E-state index in [1.165, 1.54) is 12.8 Å². The number of H-pyrrole nitrogens is 1. The van der Waals surface area contributed by atoms with E-state index in [9.17, 15) is 0 Å². The molecule has 0 radical (unpaired) electrons. The Morgan fingerprint density at radius 1 is 0.821 bits per heavy atom. The summed E-state index contributed by atoms with van der Waals surface area (Å²) in [4.78, 5) is 11.9. The molecule has 0 aliphatic heterocycles. The number of aromatic amines is 1. The fourth-order valence-corrected chi connectivity index (χ4v) is 3.94. The molecule has 0 bridgehead atoms. The molecule has 39 heavy (non-hydrogen) atoms. The first-order valence-electron chi connectivity index (χ1n) is 13.0. The maximum absolute atomic E-state index is 5.96. The van der Waals surface area contributed by atoms with E-state index in [4.69, 9.17) is 4.42 Å². The minimum Gasteiger partial charge on any atom is -0.486 e. The molecule has 0 aliphatic rings. The summed E-state index contributed by atoms with van der Waals surface area (Å²) >= 11 is 0. The van der Waals surface area contributed by atoms with Crippen LogP contribution in [0.5, 0.6) is 0 Å². The summed E-state index contributed by atoms with van der Waals surface area (Å²) in [6.45, 7) is 6.25. The molecule has 0 fully saturated rings. The van der Waals surface area contributed by atoms with Crippen molar-refractivity contribution in [3.63, 3.8) is 0 Å². The standard InChI is InChI=1S/C17H11N2O.C11H9N.C6H12.K/c1-11-8-9-13-12-5-4-6-14(15-7-2-3-10-18-15)16(12)20-17(13)19-11;1-2-6-10(7-3-1)11-8-4-5-9-12-11;1-3-5-6-4-2;/h2-5,7-10H,1H3;1-9H;5-6H,3-4H2,1-2H3;/q-1;;;+1/p+1. The second kappa shape index (κ2) is 16.2. The van der Waals surface area contributed by atoms with Gasteiger partial charge in [0.15, 0.2) is 6.20 Å². The molecule has 4 aromatic heterocycles. The molecule has 4 heterocycles. The summed E-state index contributed by atoms with van der Waals surface area (Å²) in [6.07, 6.45) is 10.4. The molecule has 5 heteroatoms. The first-order valence-corrected chi connectivity index (χ1v) is 13.0. The molecule has 6 aromatic rings. The maximum Gasteiger partial charge on any atom is 1.00 e.